The fourth-order valence-electron chi connectivity index (χ4n) is 3.14. The molecule has 0 fully saturated rings. The molecule has 1 atom stereocenters. The van der Waals surface area contributed by atoms with Crippen LogP contribution < -0.4 is 10.3 Å². The standard InChI is InChI=1S/C24H26Br2N4O4/c1-6-14(2)22-28-19-8-7-16(25)11-17(19)23(31)29(22)27-12-15-9-18(26)21(20(10-15)30(32)33)34-13-24(3,4)5/h7-12,14H,6,13H2,1-5H3/t14-/m0/s1. The third-order valence-corrected chi connectivity index (χ3v) is 6.18. The number of nitro benzene ring substituents is 1. The van der Waals surface area contributed by atoms with Gasteiger partial charge >= 0.3 is 5.69 Å². The Morgan fingerprint density at radius 1 is 1.26 bits per heavy atom. The summed E-state index contributed by atoms with van der Waals surface area (Å²) in [7, 11) is 0. The van der Waals surface area contributed by atoms with E-state index in [9.17, 15) is 14.9 Å². The topological polar surface area (TPSA) is 99.6 Å². The van der Waals surface area contributed by atoms with Crippen molar-refractivity contribution >= 4 is 54.7 Å². The molecule has 1 aromatic heterocycles. The predicted octanol–water partition coefficient (Wildman–Crippen LogP) is 6.65. The van der Waals surface area contributed by atoms with Crippen molar-refractivity contribution in [2.45, 2.75) is 47.0 Å². The van der Waals surface area contributed by atoms with E-state index in [-0.39, 0.29) is 28.3 Å². The number of fused-ring (bicyclic) bond motifs is 1. The smallest absolute Gasteiger partial charge is 0.312 e. The molecule has 1 heterocycles. The highest BCUT2D eigenvalue weighted by Crippen LogP contribution is 2.37. The van der Waals surface area contributed by atoms with Crippen LogP contribution in [-0.2, 0) is 0 Å². The maximum atomic E-state index is 13.3. The number of nitrogens with zero attached hydrogens (tertiary/aromatic N) is 4. The summed E-state index contributed by atoms with van der Waals surface area (Å²) in [6.45, 7) is 10.2. The normalized spacial score (nSPS) is 12.9. The van der Waals surface area contributed by atoms with Crippen molar-refractivity contribution in [2.75, 3.05) is 6.61 Å². The maximum Gasteiger partial charge on any atom is 0.312 e. The predicted molar refractivity (Wildman–Crippen MR) is 141 cm³/mol. The molecule has 8 nitrogen and oxygen atoms in total. The number of nitro groups is 1. The molecule has 0 aliphatic rings. The molecule has 0 unspecified atom stereocenters. The van der Waals surface area contributed by atoms with Gasteiger partial charge in [-0.1, -0.05) is 50.5 Å². The second kappa shape index (κ2) is 10.4. The van der Waals surface area contributed by atoms with Gasteiger partial charge in [0.1, 0.15) is 5.82 Å². The van der Waals surface area contributed by atoms with Gasteiger partial charge < -0.3 is 4.74 Å². The van der Waals surface area contributed by atoms with Crippen LogP contribution in [0.5, 0.6) is 5.75 Å². The molecular formula is C24H26Br2N4O4. The van der Waals surface area contributed by atoms with Gasteiger partial charge in [0.15, 0.2) is 0 Å². The Morgan fingerprint density at radius 2 is 1.97 bits per heavy atom. The molecule has 0 saturated heterocycles. The molecule has 0 saturated carbocycles. The van der Waals surface area contributed by atoms with Crippen molar-refractivity contribution in [1.29, 1.82) is 0 Å². The average Bonchev–Trinajstić information content (AvgIpc) is 2.76. The van der Waals surface area contributed by atoms with Crippen molar-refractivity contribution in [2.24, 2.45) is 10.5 Å². The van der Waals surface area contributed by atoms with Crippen LogP contribution in [-0.4, -0.2) is 27.4 Å². The summed E-state index contributed by atoms with van der Waals surface area (Å²) in [4.78, 5) is 29.2. The zero-order valence-electron chi connectivity index (χ0n) is 19.6. The fraction of sp³-hybridized carbons (Fsp3) is 0.375. The Balaban J connectivity index is 2.11. The lowest BCUT2D eigenvalue weighted by molar-refractivity contribution is -0.386. The number of benzene rings is 2. The number of halogens is 2. The summed E-state index contributed by atoms with van der Waals surface area (Å²) in [6, 6.07) is 8.39. The van der Waals surface area contributed by atoms with Crippen LogP contribution in [0.3, 0.4) is 0 Å². The van der Waals surface area contributed by atoms with Gasteiger partial charge in [-0.15, -0.1) is 0 Å². The Labute approximate surface area is 214 Å². The summed E-state index contributed by atoms with van der Waals surface area (Å²) in [6.07, 6.45) is 2.19. The van der Waals surface area contributed by atoms with Gasteiger partial charge in [-0.2, -0.15) is 9.78 Å². The van der Waals surface area contributed by atoms with Crippen molar-refractivity contribution in [3.63, 3.8) is 0 Å². The number of ether oxygens (including phenoxy) is 1. The first kappa shape index (κ1) is 26.0. The third kappa shape index (κ3) is 5.90. The van der Waals surface area contributed by atoms with Crippen LogP contribution >= 0.6 is 31.9 Å². The minimum atomic E-state index is -0.494. The van der Waals surface area contributed by atoms with E-state index < -0.39 is 4.92 Å². The Morgan fingerprint density at radius 3 is 2.59 bits per heavy atom. The molecule has 0 radical (unpaired) electrons. The number of hydrogen-bond donors (Lipinski definition) is 0. The maximum absolute atomic E-state index is 13.3. The van der Waals surface area contributed by atoms with Gasteiger partial charge in [-0.25, -0.2) is 4.98 Å². The van der Waals surface area contributed by atoms with E-state index in [0.717, 1.165) is 10.9 Å². The Kier molecular flexibility index (Phi) is 7.92. The molecule has 0 aliphatic heterocycles. The summed E-state index contributed by atoms with van der Waals surface area (Å²) in [5.74, 6) is 0.663. The molecule has 0 aliphatic carbocycles. The number of rotatable bonds is 7. The van der Waals surface area contributed by atoms with E-state index in [1.807, 2.05) is 40.7 Å². The van der Waals surface area contributed by atoms with Crippen LogP contribution in [0.25, 0.3) is 10.9 Å². The van der Waals surface area contributed by atoms with Gasteiger partial charge in [0.2, 0.25) is 5.75 Å². The van der Waals surface area contributed by atoms with Gasteiger partial charge in [-0.3, -0.25) is 14.9 Å². The van der Waals surface area contributed by atoms with Crippen LogP contribution in [0.15, 0.2) is 49.2 Å². The van der Waals surface area contributed by atoms with Crippen LogP contribution in [0.1, 0.15) is 58.3 Å². The molecule has 0 spiro atoms. The van der Waals surface area contributed by atoms with E-state index in [0.29, 0.717) is 33.4 Å². The zero-order chi connectivity index (χ0) is 25.2. The lowest BCUT2D eigenvalue weighted by Crippen LogP contribution is -2.23. The molecule has 2 aromatic carbocycles. The lowest BCUT2D eigenvalue weighted by Gasteiger charge is -2.19. The molecule has 3 aromatic rings. The van der Waals surface area contributed by atoms with Crippen LogP contribution in [0.2, 0.25) is 0 Å². The second-order valence-electron chi connectivity index (χ2n) is 9.26. The first-order chi connectivity index (χ1) is 15.9. The minimum Gasteiger partial charge on any atom is -0.485 e. The average molecular weight is 594 g/mol. The minimum absolute atomic E-state index is 0.0212. The largest absolute Gasteiger partial charge is 0.485 e. The third-order valence-electron chi connectivity index (χ3n) is 5.10. The van der Waals surface area contributed by atoms with E-state index in [1.165, 1.54) is 17.0 Å². The molecule has 0 amide bonds. The molecule has 180 valence electrons. The molecule has 10 heteroatoms. The van der Waals surface area contributed by atoms with E-state index >= 15 is 0 Å². The monoisotopic (exact) mass is 592 g/mol. The fourth-order valence-corrected chi connectivity index (χ4v) is 4.09. The summed E-state index contributed by atoms with van der Waals surface area (Å²) in [5, 5.41) is 16.6. The quantitative estimate of drug-likeness (QED) is 0.173. The molecule has 0 bridgehead atoms. The van der Waals surface area contributed by atoms with Crippen molar-refractivity contribution in [3.8, 4) is 5.75 Å². The van der Waals surface area contributed by atoms with E-state index in [1.54, 1.807) is 18.2 Å². The molecule has 0 N–H and O–H groups in total. The van der Waals surface area contributed by atoms with Gasteiger partial charge in [0.25, 0.3) is 5.56 Å². The first-order valence-corrected chi connectivity index (χ1v) is 12.4. The Bertz CT molecular complexity index is 1330. The highest BCUT2D eigenvalue weighted by atomic mass is 79.9. The lowest BCUT2D eigenvalue weighted by atomic mass is 9.99. The summed E-state index contributed by atoms with van der Waals surface area (Å²) in [5.41, 5.74) is 0.373. The molecular weight excluding hydrogens is 568 g/mol. The first-order valence-electron chi connectivity index (χ1n) is 10.8. The highest BCUT2D eigenvalue weighted by molar-refractivity contribution is 9.10. The SMILES string of the molecule is CC[C@H](C)c1nc2ccc(Br)cc2c(=O)n1N=Cc1cc(Br)c(OCC(C)(C)C)c([N+](=O)[O-])c1. The number of hydrogen-bond acceptors (Lipinski definition) is 6. The molecule has 3 rings (SSSR count). The highest BCUT2D eigenvalue weighted by Gasteiger charge is 2.23. The Hall–Kier alpha value is -2.59. The van der Waals surface area contributed by atoms with Gasteiger partial charge in [0.05, 0.1) is 33.1 Å². The van der Waals surface area contributed by atoms with Gasteiger partial charge in [0, 0.05) is 22.0 Å². The summed E-state index contributed by atoms with van der Waals surface area (Å²) < 4.78 is 8.22. The molecule has 34 heavy (non-hydrogen) atoms. The number of aromatic nitrogens is 2. The van der Waals surface area contributed by atoms with Crippen molar-refractivity contribution < 1.29 is 9.66 Å². The van der Waals surface area contributed by atoms with Gasteiger partial charge in [-0.05, 0) is 52.0 Å². The van der Waals surface area contributed by atoms with E-state index in [2.05, 4.69) is 41.9 Å². The zero-order valence-corrected chi connectivity index (χ0v) is 22.8. The van der Waals surface area contributed by atoms with Crippen LogP contribution in [0, 0.1) is 15.5 Å². The van der Waals surface area contributed by atoms with E-state index in [4.69, 9.17) is 4.74 Å². The summed E-state index contributed by atoms with van der Waals surface area (Å²) >= 11 is 6.78. The van der Waals surface area contributed by atoms with Crippen molar-refractivity contribution in [1.82, 2.24) is 9.66 Å². The van der Waals surface area contributed by atoms with Crippen LogP contribution in [0.4, 0.5) is 5.69 Å². The second-order valence-corrected chi connectivity index (χ2v) is 11.0. The van der Waals surface area contributed by atoms with Crippen molar-refractivity contribution in [3.05, 3.63) is 71.1 Å².